The van der Waals surface area contributed by atoms with Gasteiger partial charge in [0.2, 0.25) is 0 Å². The monoisotopic (exact) mass is 474 g/mol. The first kappa shape index (κ1) is 23.5. The first-order chi connectivity index (χ1) is 13.9. The molecule has 1 atom stereocenters. The van der Waals surface area contributed by atoms with Crippen LogP contribution in [0.1, 0.15) is 73.9 Å². The van der Waals surface area contributed by atoms with Gasteiger partial charge in [-0.05, 0) is 67.3 Å². The topological polar surface area (TPSA) is 75.7 Å². The summed E-state index contributed by atoms with van der Waals surface area (Å²) in [7, 11) is -1.50. The Morgan fingerprint density at radius 1 is 1.40 bits per heavy atom. The molecule has 164 valence electrons. The van der Waals surface area contributed by atoms with Crippen molar-refractivity contribution >= 4 is 39.7 Å². The zero-order valence-corrected chi connectivity index (χ0v) is 19.7. The van der Waals surface area contributed by atoms with Crippen LogP contribution in [0.15, 0.2) is 20.7 Å². The van der Waals surface area contributed by atoms with Gasteiger partial charge in [-0.3, -0.25) is 9.93 Å². The van der Waals surface area contributed by atoms with Gasteiger partial charge >= 0.3 is 0 Å². The smallest absolute Gasteiger partial charge is 0.257 e. The molecule has 1 aromatic heterocycles. The molecule has 0 aliphatic heterocycles. The quantitative estimate of drug-likeness (QED) is 0.562. The Morgan fingerprint density at radius 2 is 2.03 bits per heavy atom. The van der Waals surface area contributed by atoms with Crippen molar-refractivity contribution in [2.75, 3.05) is 0 Å². The van der Waals surface area contributed by atoms with E-state index in [0.29, 0.717) is 16.0 Å². The summed E-state index contributed by atoms with van der Waals surface area (Å²) < 4.78 is 33.2. The Bertz CT molecular complexity index is 1020. The number of rotatable bonds is 6. The molecule has 3 N–H and O–H groups in total. The van der Waals surface area contributed by atoms with E-state index in [0.717, 1.165) is 29.7 Å². The molecule has 4 nitrogen and oxygen atoms in total. The molecule has 3 rings (SSSR count). The van der Waals surface area contributed by atoms with Crippen molar-refractivity contribution in [2.24, 2.45) is 9.50 Å². The second kappa shape index (κ2) is 8.74. The average molecular weight is 475 g/mol. The van der Waals surface area contributed by atoms with Gasteiger partial charge in [0.05, 0.1) is 17.0 Å². The molecule has 1 saturated carbocycles. The normalized spacial score (nSPS) is 15.8. The minimum atomic E-state index is -1.50. The summed E-state index contributed by atoms with van der Waals surface area (Å²) in [6.07, 6.45) is 1.60. The lowest BCUT2D eigenvalue weighted by Crippen LogP contribution is -2.13. The largest absolute Gasteiger partial charge is 0.385 e. The molecule has 0 bridgehead atoms. The molecule has 1 aromatic carbocycles. The van der Waals surface area contributed by atoms with Crippen molar-refractivity contribution in [3.05, 3.63) is 50.4 Å². The molecule has 30 heavy (non-hydrogen) atoms. The van der Waals surface area contributed by atoms with Crippen molar-refractivity contribution in [1.29, 1.82) is 0 Å². The van der Waals surface area contributed by atoms with Crippen LogP contribution >= 0.6 is 22.9 Å². The number of carbonyl (C=O) groups is 1. The van der Waals surface area contributed by atoms with Gasteiger partial charge in [-0.2, -0.15) is 4.36 Å². The zero-order chi connectivity index (χ0) is 22.4. The highest BCUT2D eigenvalue weighted by Crippen LogP contribution is 2.46. The van der Waals surface area contributed by atoms with Crippen molar-refractivity contribution in [2.45, 2.75) is 68.6 Å². The van der Waals surface area contributed by atoms with Crippen LogP contribution in [0.25, 0.3) is 0 Å². The van der Waals surface area contributed by atoms with E-state index >= 15 is 0 Å². The molecule has 9 heteroatoms. The van der Waals surface area contributed by atoms with E-state index in [-0.39, 0.29) is 27.5 Å². The molecule has 0 spiro atoms. The SMILES string of the molecule is CC(C)c1cc(Cl)c(F)c(C2CC2)c1CC(=O)/N=S(\N)c1sc(C(C)(C)O)cc1F. The summed E-state index contributed by atoms with van der Waals surface area (Å²) in [4.78, 5) is 13.1. The number of halogens is 3. The van der Waals surface area contributed by atoms with Crippen LogP contribution in [-0.2, 0) is 27.7 Å². The van der Waals surface area contributed by atoms with E-state index in [1.807, 2.05) is 13.8 Å². The lowest BCUT2D eigenvalue weighted by atomic mass is 9.89. The summed E-state index contributed by atoms with van der Waals surface area (Å²) in [5.74, 6) is -1.51. The predicted octanol–water partition coefficient (Wildman–Crippen LogP) is 5.71. The van der Waals surface area contributed by atoms with Crippen LogP contribution in [0.2, 0.25) is 5.02 Å². The highest BCUT2D eigenvalue weighted by molar-refractivity contribution is 7.87. The van der Waals surface area contributed by atoms with Crippen molar-refractivity contribution in [1.82, 2.24) is 0 Å². The Hall–Kier alpha value is -1.19. The minimum Gasteiger partial charge on any atom is -0.385 e. The van der Waals surface area contributed by atoms with Gasteiger partial charge in [0.25, 0.3) is 5.91 Å². The minimum absolute atomic E-state index is 0.0450. The summed E-state index contributed by atoms with van der Waals surface area (Å²) in [6, 6.07) is 2.79. The van der Waals surface area contributed by atoms with Gasteiger partial charge in [0.1, 0.15) is 15.8 Å². The molecular weight excluding hydrogens is 450 g/mol. The number of nitrogens with two attached hydrogens (primary N) is 1. The van der Waals surface area contributed by atoms with E-state index < -0.39 is 34.0 Å². The number of aliphatic hydroxyl groups is 1. The molecular formula is C21H25ClF2N2O2S2. The first-order valence-corrected chi connectivity index (χ1v) is 12.1. The second-order valence-electron chi connectivity index (χ2n) is 8.36. The van der Waals surface area contributed by atoms with Crippen LogP contribution in [0.5, 0.6) is 0 Å². The number of hydrogen-bond acceptors (Lipinski definition) is 3. The highest BCUT2D eigenvalue weighted by atomic mass is 35.5. The van der Waals surface area contributed by atoms with E-state index in [1.54, 1.807) is 19.9 Å². The Labute approximate surface area is 186 Å². The molecule has 1 fully saturated rings. The molecule has 0 saturated heterocycles. The fourth-order valence-electron chi connectivity index (χ4n) is 3.34. The highest BCUT2D eigenvalue weighted by Gasteiger charge is 2.33. The maximum absolute atomic E-state index is 14.8. The average Bonchev–Trinajstić information content (AvgIpc) is 3.37. The zero-order valence-electron chi connectivity index (χ0n) is 17.3. The first-order valence-electron chi connectivity index (χ1n) is 9.66. The van der Waals surface area contributed by atoms with Crippen molar-refractivity contribution < 1.29 is 18.7 Å². The molecule has 1 heterocycles. The molecule has 1 aliphatic rings. The van der Waals surface area contributed by atoms with Gasteiger partial charge in [0.15, 0.2) is 0 Å². The third-order valence-electron chi connectivity index (χ3n) is 4.99. The van der Waals surface area contributed by atoms with Gasteiger partial charge in [0, 0.05) is 15.8 Å². The van der Waals surface area contributed by atoms with Gasteiger partial charge in [-0.15, -0.1) is 11.3 Å². The lowest BCUT2D eigenvalue weighted by molar-refractivity contribution is -0.117. The fourth-order valence-corrected chi connectivity index (χ4v) is 5.68. The molecule has 1 unspecified atom stereocenters. The number of thiophene rings is 1. The van der Waals surface area contributed by atoms with Crippen LogP contribution in [0, 0.1) is 11.6 Å². The Balaban J connectivity index is 1.95. The molecule has 2 aromatic rings. The molecule has 0 radical (unpaired) electrons. The number of amides is 1. The summed E-state index contributed by atoms with van der Waals surface area (Å²) in [5, 5.41) is 16.1. The van der Waals surface area contributed by atoms with E-state index in [1.165, 1.54) is 6.07 Å². The van der Waals surface area contributed by atoms with E-state index in [2.05, 4.69) is 4.36 Å². The van der Waals surface area contributed by atoms with Crippen molar-refractivity contribution in [3.63, 3.8) is 0 Å². The maximum atomic E-state index is 14.8. The predicted molar refractivity (Wildman–Crippen MR) is 118 cm³/mol. The summed E-state index contributed by atoms with van der Waals surface area (Å²) >= 11 is 7.09. The lowest BCUT2D eigenvalue weighted by Gasteiger charge is -2.18. The summed E-state index contributed by atoms with van der Waals surface area (Å²) in [6.45, 7) is 7.00. The van der Waals surface area contributed by atoms with Gasteiger partial charge in [-0.1, -0.05) is 25.4 Å². The Kier molecular flexibility index (Phi) is 6.84. The van der Waals surface area contributed by atoms with Crippen LogP contribution < -0.4 is 5.14 Å². The number of hydrogen-bond donors (Lipinski definition) is 2. The van der Waals surface area contributed by atoms with Gasteiger partial charge < -0.3 is 5.11 Å². The third-order valence-corrected chi connectivity index (χ3v) is 8.22. The summed E-state index contributed by atoms with van der Waals surface area (Å²) in [5.41, 5.74) is 0.710. The van der Waals surface area contributed by atoms with E-state index in [4.69, 9.17) is 16.7 Å². The van der Waals surface area contributed by atoms with Crippen molar-refractivity contribution in [3.8, 4) is 0 Å². The Morgan fingerprint density at radius 3 is 2.53 bits per heavy atom. The number of benzene rings is 1. The maximum Gasteiger partial charge on any atom is 0.257 e. The van der Waals surface area contributed by atoms with Gasteiger partial charge in [-0.25, -0.2) is 8.78 Å². The third kappa shape index (κ3) is 4.99. The van der Waals surface area contributed by atoms with Crippen LogP contribution in [0.3, 0.4) is 0 Å². The molecule has 1 amide bonds. The number of nitrogens with zero attached hydrogens (tertiary/aromatic N) is 1. The number of carbonyl (C=O) groups excluding carboxylic acids is 1. The van der Waals surface area contributed by atoms with Crippen LogP contribution in [-0.4, -0.2) is 11.0 Å². The van der Waals surface area contributed by atoms with E-state index in [9.17, 15) is 18.7 Å². The van der Waals surface area contributed by atoms with Crippen LogP contribution in [0.4, 0.5) is 8.78 Å². The standard InChI is InChI=1S/C21H25ClF2N2O2S2/c1-10(2)12-7-14(22)19(24)18(11-5-6-11)13(12)8-17(27)26-30(25)20-15(23)9-16(29-20)21(3,4)28/h7,9-11,28H,5-6,8H2,1-4H3,(H2,25,26,27). The fraction of sp³-hybridized carbons (Fsp3) is 0.476. The second-order valence-corrected chi connectivity index (χ2v) is 11.3. The molecule has 1 aliphatic carbocycles.